The Kier molecular flexibility index (Phi) is 5.73. The summed E-state index contributed by atoms with van der Waals surface area (Å²) in [6, 6.07) is 14.0. The number of aromatic nitrogens is 1. The Morgan fingerprint density at radius 2 is 1.85 bits per heavy atom. The lowest BCUT2D eigenvalue weighted by Gasteiger charge is -2.36. The highest BCUT2D eigenvalue weighted by molar-refractivity contribution is 5.78. The normalized spacial score (nSPS) is 16.2. The summed E-state index contributed by atoms with van der Waals surface area (Å²) in [7, 11) is 0. The molecule has 0 bridgehead atoms. The van der Waals surface area contributed by atoms with E-state index in [1.165, 1.54) is 0 Å². The van der Waals surface area contributed by atoms with Gasteiger partial charge in [0.15, 0.2) is 0 Å². The average molecular weight is 356 g/mol. The van der Waals surface area contributed by atoms with Crippen molar-refractivity contribution in [3.8, 4) is 11.3 Å². The summed E-state index contributed by atoms with van der Waals surface area (Å²) >= 11 is 0. The standard InChI is InChI=1S/C20H24N2O4/c23-18(22-20(14-19(24)25)10-12-26-13-11-20)9-7-16-6-8-17(21-16)15-4-2-1-3-5-15/h1-6,8,21H,7,9-14H2,(H,22,23)(H,24,25). The molecule has 3 N–H and O–H groups in total. The third-order valence-electron chi connectivity index (χ3n) is 4.80. The van der Waals surface area contributed by atoms with Gasteiger partial charge in [-0.1, -0.05) is 30.3 Å². The monoisotopic (exact) mass is 356 g/mol. The van der Waals surface area contributed by atoms with E-state index in [4.69, 9.17) is 9.84 Å². The minimum atomic E-state index is -0.899. The zero-order valence-corrected chi connectivity index (χ0v) is 14.7. The van der Waals surface area contributed by atoms with Crippen LogP contribution in [0, 0.1) is 0 Å². The summed E-state index contributed by atoms with van der Waals surface area (Å²) < 4.78 is 5.31. The largest absolute Gasteiger partial charge is 0.481 e. The highest BCUT2D eigenvalue weighted by Crippen LogP contribution is 2.25. The van der Waals surface area contributed by atoms with E-state index in [1.54, 1.807) is 0 Å². The van der Waals surface area contributed by atoms with Gasteiger partial charge in [-0.2, -0.15) is 0 Å². The van der Waals surface area contributed by atoms with Crippen molar-refractivity contribution in [2.45, 2.75) is 37.6 Å². The van der Waals surface area contributed by atoms with Gasteiger partial charge in [-0.15, -0.1) is 0 Å². The van der Waals surface area contributed by atoms with E-state index < -0.39 is 11.5 Å². The lowest BCUT2D eigenvalue weighted by Crippen LogP contribution is -2.53. The van der Waals surface area contributed by atoms with Gasteiger partial charge < -0.3 is 20.1 Å². The molecule has 1 aliphatic rings. The van der Waals surface area contributed by atoms with Gasteiger partial charge in [0.1, 0.15) is 0 Å². The van der Waals surface area contributed by atoms with Gasteiger partial charge in [0.05, 0.1) is 12.0 Å². The molecule has 0 atom stereocenters. The number of carbonyl (C=O) groups excluding carboxylic acids is 1. The second-order valence-electron chi connectivity index (χ2n) is 6.77. The SMILES string of the molecule is O=C(O)CC1(NC(=O)CCc2ccc(-c3ccccc3)[nH]2)CCOCC1. The van der Waals surface area contributed by atoms with Crippen LogP contribution in [0.2, 0.25) is 0 Å². The number of nitrogens with one attached hydrogen (secondary N) is 2. The Hall–Kier alpha value is -2.60. The van der Waals surface area contributed by atoms with Crippen LogP contribution in [-0.2, 0) is 20.7 Å². The van der Waals surface area contributed by atoms with Crippen LogP contribution in [0.25, 0.3) is 11.3 Å². The van der Waals surface area contributed by atoms with Crippen molar-refractivity contribution in [2.24, 2.45) is 0 Å². The van der Waals surface area contributed by atoms with Crippen molar-refractivity contribution in [2.75, 3.05) is 13.2 Å². The number of aliphatic carboxylic acids is 1. The fraction of sp³-hybridized carbons (Fsp3) is 0.400. The number of hydrogen-bond acceptors (Lipinski definition) is 3. The van der Waals surface area contributed by atoms with E-state index in [9.17, 15) is 9.59 Å². The fourth-order valence-electron chi connectivity index (χ4n) is 3.38. The topological polar surface area (TPSA) is 91.4 Å². The van der Waals surface area contributed by atoms with Crippen molar-refractivity contribution in [1.82, 2.24) is 10.3 Å². The van der Waals surface area contributed by atoms with Crippen LogP contribution in [0.15, 0.2) is 42.5 Å². The molecule has 0 aliphatic carbocycles. The maximum atomic E-state index is 12.4. The Labute approximate surface area is 152 Å². The molecule has 0 unspecified atom stereocenters. The molecule has 1 saturated heterocycles. The number of amides is 1. The van der Waals surface area contributed by atoms with Crippen molar-refractivity contribution >= 4 is 11.9 Å². The third kappa shape index (κ3) is 4.73. The van der Waals surface area contributed by atoms with E-state index >= 15 is 0 Å². The molecule has 1 fully saturated rings. The molecule has 1 aromatic heterocycles. The molecule has 6 nitrogen and oxygen atoms in total. The number of benzene rings is 1. The molecule has 0 saturated carbocycles. The Morgan fingerprint density at radius 3 is 2.54 bits per heavy atom. The molecule has 26 heavy (non-hydrogen) atoms. The van der Waals surface area contributed by atoms with Crippen molar-refractivity contribution < 1.29 is 19.4 Å². The van der Waals surface area contributed by atoms with Crippen LogP contribution in [0.5, 0.6) is 0 Å². The summed E-state index contributed by atoms with van der Waals surface area (Å²) in [6.45, 7) is 0.954. The van der Waals surface area contributed by atoms with Crippen LogP contribution in [-0.4, -0.2) is 40.7 Å². The van der Waals surface area contributed by atoms with Crippen LogP contribution < -0.4 is 5.32 Å². The molecule has 2 heterocycles. The molecule has 1 amide bonds. The van der Waals surface area contributed by atoms with Gasteiger partial charge in [0.2, 0.25) is 5.91 Å². The summed E-state index contributed by atoms with van der Waals surface area (Å²) in [6.07, 6.45) is 1.90. The van der Waals surface area contributed by atoms with Gasteiger partial charge in [-0.05, 0) is 37.0 Å². The second kappa shape index (κ2) is 8.19. The highest BCUT2D eigenvalue weighted by atomic mass is 16.5. The van der Waals surface area contributed by atoms with Gasteiger partial charge in [-0.25, -0.2) is 0 Å². The summed E-state index contributed by atoms with van der Waals surface area (Å²) in [5.41, 5.74) is 2.42. The van der Waals surface area contributed by atoms with Gasteiger partial charge in [0.25, 0.3) is 0 Å². The van der Waals surface area contributed by atoms with E-state index in [1.807, 2.05) is 42.5 Å². The highest BCUT2D eigenvalue weighted by Gasteiger charge is 2.36. The molecular weight excluding hydrogens is 332 g/mol. The van der Waals surface area contributed by atoms with Crippen molar-refractivity contribution in [3.05, 3.63) is 48.2 Å². The summed E-state index contributed by atoms with van der Waals surface area (Å²) in [4.78, 5) is 26.9. The molecular formula is C20H24N2O4. The number of hydrogen-bond donors (Lipinski definition) is 3. The first-order chi connectivity index (χ1) is 12.6. The molecule has 0 spiro atoms. The molecule has 1 aromatic carbocycles. The second-order valence-corrected chi connectivity index (χ2v) is 6.77. The predicted octanol–water partition coefficient (Wildman–Crippen LogP) is 2.75. The first-order valence-corrected chi connectivity index (χ1v) is 8.90. The number of ether oxygens (including phenoxy) is 1. The Morgan fingerprint density at radius 1 is 1.12 bits per heavy atom. The number of carboxylic acid groups (broad SMARTS) is 1. The van der Waals surface area contributed by atoms with Crippen molar-refractivity contribution in [1.29, 1.82) is 0 Å². The Balaban J connectivity index is 1.56. The number of rotatable bonds is 7. The van der Waals surface area contributed by atoms with Crippen LogP contribution in [0.3, 0.4) is 0 Å². The number of aromatic amines is 1. The van der Waals surface area contributed by atoms with E-state index in [0.717, 1.165) is 17.0 Å². The van der Waals surface area contributed by atoms with Gasteiger partial charge in [0, 0.05) is 31.0 Å². The molecule has 6 heteroatoms. The van der Waals surface area contributed by atoms with E-state index in [-0.39, 0.29) is 12.3 Å². The molecule has 2 aromatic rings. The zero-order valence-electron chi connectivity index (χ0n) is 14.7. The lowest BCUT2D eigenvalue weighted by molar-refractivity contribution is -0.140. The maximum absolute atomic E-state index is 12.4. The van der Waals surface area contributed by atoms with Crippen molar-refractivity contribution in [3.63, 3.8) is 0 Å². The van der Waals surface area contributed by atoms with E-state index in [0.29, 0.717) is 38.9 Å². The molecule has 0 radical (unpaired) electrons. The number of aryl methyl sites for hydroxylation is 1. The number of carboxylic acids is 1. The predicted molar refractivity (Wildman–Crippen MR) is 97.7 cm³/mol. The maximum Gasteiger partial charge on any atom is 0.305 e. The first-order valence-electron chi connectivity index (χ1n) is 8.90. The Bertz CT molecular complexity index is 748. The van der Waals surface area contributed by atoms with Crippen LogP contribution in [0.4, 0.5) is 0 Å². The third-order valence-corrected chi connectivity index (χ3v) is 4.80. The minimum absolute atomic E-state index is 0.0667. The fourth-order valence-corrected chi connectivity index (χ4v) is 3.38. The van der Waals surface area contributed by atoms with Crippen LogP contribution in [0.1, 0.15) is 31.4 Å². The smallest absolute Gasteiger partial charge is 0.305 e. The molecule has 1 aliphatic heterocycles. The summed E-state index contributed by atoms with van der Waals surface area (Å²) in [5.74, 6) is -1.02. The zero-order chi connectivity index (χ0) is 18.4. The number of carbonyl (C=O) groups is 2. The average Bonchev–Trinajstić information content (AvgIpc) is 3.10. The van der Waals surface area contributed by atoms with Gasteiger partial charge in [-0.3, -0.25) is 9.59 Å². The first kappa shape index (κ1) is 18.2. The van der Waals surface area contributed by atoms with E-state index in [2.05, 4.69) is 10.3 Å². The van der Waals surface area contributed by atoms with Crippen LogP contribution >= 0.6 is 0 Å². The molecule has 138 valence electrons. The molecule has 3 rings (SSSR count). The number of H-pyrrole nitrogens is 1. The summed E-state index contributed by atoms with van der Waals surface area (Å²) in [5, 5.41) is 12.1. The minimum Gasteiger partial charge on any atom is -0.481 e. The lowest BCUT2D eigenvalue weighted by atomic mass is 9.86. The van der Waals surface area contributed by atoms with Gasteiger partial charge >= 0.3 is 5.97 Å². The quantitative estimate of drug-likeness (QED) is 0.711.